The normalized spacial score (nSPS) is 9.43. The molecule has 0 heterocycles. The number of phenols is 1. The average molecular weight is 194 g/mol. The predicted molar refractivity (Wildman–Crippen MR) is 50.4 cm³/mol. The van der Waals surface area contributed by atoms with E-state index in [0.717, 1.165) is 0 Å². The summed E-state index contributed by atoms with van der Waals surface area (Å²) in [7, 11) is 0. The molecule has 1 aromatic carbocycles. The monoisotopic (exact) mass is 194 g/mol. The van der Waals surface area contributed by atoms with Crippen LogP contribution in [-0.2, 0) is 4.79 Å². The summed E-state index contributed by atoms with van der Waals surface area (Å²) in [4.78, 5) is 10.4. The summed E-state index contributed by atoms with van der Waals surface area (Å²) < 4.78 is 5.09. The number of phenolic OH excluding ortho intramolecular Hbond substituents is 1. The largest absolute Gasteiger partial charge is 0.508 e. The minimum absolute atomic E-state index is 0.0157. The molecule has 2 N–H and O–H groups in total. The van der Waals surface area contributed by atoms with Crippen molar-refractivity contribution in [3.05, 3.63) is 36.4 Å². The quantitative estimate of drug-likeness (QED) is 0.711. The second-order valence-corrected chi connectivity index (χ2v) is 2.69. The molecule has 0 saturated carbocycles. The Hall–Kier alpha value is -1.97. The summed E-state index contributed by atoms with van der Waals surface area (Å²) in [5, 5.41) is 17.4. The highest BCUT2D eigenvalue weighted by molar-refractivity contribution is 5.86. The van der Waals surface area contributed by atoms with Crippen molar-refractivity contribution in [1.82, 2.24) is 0 Å². The first-order valence-electron chi connectivity index (χ1n) is 3.92. The Morgan fingerprint density at radius 1 is 1.36 bits per heavy atom. The van der Waals surface area contributed by atoms with E-state index in [9.17, 15) is 4.79 Å². The second kappa shape index (κ2) is 4.32. The van der Waals surface area contributed by atoms with Gasteiger partial charge in [-0.15, -0.1) is 0 Å². The van der Waals surface area contributed by atoms with Crippen molar-refractivity contribution < 1.29 is 19.7 Å². The zero-order chi connectivity index (χ0) is 10.6. The minimum atomic E-state index is -1.08. The van der Waals surface area contributed by atoms with E-state index in [1.54, 1.807) is 12.1 Å². The highest BCUT2D eigenvalue weighted by Gasteiger charge is 2.04. The number of aromatic hydroxyl groups is 1. The van der Waals surface area contributed by atoms with Gasteiger partial charge in [-0.05, 0) is 24.3 Å². The molecule has 0 aliphatic rings. The van der Waals surface area contributed by atoms with Gasteiger partial charge >= 0.3 is 5.97 Å². The van der Waals surface area contributed by atoms with Gasteiger partial charge in [-0.1, -0.05) is 6.58 Å². The van der Waals surface area contributed by atoms with Crippen molar-refractivity contribution in [3.63, 3.8) is 0 Å². The smallest absolute Gasteiger partial charge is 0.334 e. The molecular weight excluding hydrogens is 184 g/mol. The first-order valence-corrected chi connectivity index (χ1v) is 3.92. The molecule has 0 bridgehead atoms. The zero-order valence-electron chi connectivity index (χ0n) is 7.43. The minimum Gasteiger partial charge on any atom is -0.508 e. The maximum absolute atomic E-state index is 10.4. The van der Waals surface area contributed by atoms with Crippen molar-refractivity contribution in [3.8, 4) is 11.5 Å². The van der Waals surface area contributed by atoms with Gasteiger partial charge in [0.15, 0.2) is 0 Å². The summed E-state index contributed by atoms with van der Waals surface area (Å²) in [6.45, 7) is 3.24. The fourth-order valence-electron chi connectivity index (χ4n) is 0.775. The fraction of sp³-hybridized carbons (Fsp3) is 0.100. The molecule has 0 fully saturated rings. The lowest BCUT2D eigenvalue weighted by molar-refractivity contribution is -0.133. The van der Waals surface area contributed by atoms with Crippen LogP contribution in [0.2, 0.25) is 0 Å². The highest BCUT2D eigenvalue weighted by atomic mass is 16.5. The van der Waals surface area contributed by atoms with Crippen LogP contribution in [0.15, 0.2) is 36.4 Å². The first kappa shape index (κ1) is 10.1. The molecule has 4 nitrogen and oxygen atoms in total. The molecule has 0 saturated heterocycles. The van der Waals surface area contributed by atoms with E-state index in [1.807, 2.05) is 0 Å². The number of carboxylic acids is 1. The standard InChI is InChI=1S/C10H10O4/c1-7(10(12)13)6-14-9-4-2-8(11)3-5-9/h2-5,11H,1,6H2,(H,12,13). The number of rotatable bonds is 4. The van der Waals surface area contributed by atoms with Gasteiger partial charge in [0.2, 0.25) is 0 Å². The Bertz CT molecular complexity index is 340. The molecule has 0 aliphatic heterocycles. The summed E-state index contributed by atoms with van der Waals surface area (Å²) in [5.41, 5.74) is -0.0157. The third-order valence-electron chi connectivity index (χ3n) is 1.55. The third kappa shape index (κ3) is 2.82. The van der Waals surface area contributed by atoms with E-state index < -0.39 is 5.97 Å². The van der Waals surface area contributed by atoms with Crippen molar-refractivity contribution >= 4 is 5.97 Å². The van der Waals surface area contributed by atoms with Crippen molar-refractivity contribution in [2.24, 2.45) is 0 Å². The number of hydrogen-bond donors (Lipinski definition) is 2. The van der Waals surface area contributed by atoms with Gasteiger partial charge in [-0.25, -0.2) is 4.79 Å². The molecular formula is C10H10O4. The predicted octanol–water partition coefficient (Wildman–Crippen LogP) is 1.41. The summed E-state index contributed by atoms with van der Waals surface area (Å²) in [6, 6.07) is 6.01. The second-order valence-electron chi connectivity index (χ2n) is 2.69. The van der Waals surface area contributed by atoms with Crippen LogP contribution in [0.25, 0.3) is 0 Å². The average Bonchev–Trinajstić information content (AvgIpc) is 2.16. The molecule has 0 radical (unpaired) electrons. The van der Waals surface area contributed by atoms with Crippen molar-refractivity contribution in [2.75, 3.05) is 6.61 Å². The lowest BCUT2D eigenvalue weighted by atomic mass is 10.3. The van der Waals surface area contributed by atoms with Crippen LogP contribution in [0.1, 0.15) is 0 Å². The van der Waals surface area contributed by atoms with E-state index >= 15 is 0 Å². The first-order chi connectivity index (χ1) is 6.59. The van der Waals surface area contributed by atoms with E-state index in [4.69, 9.17) is 14.9 Å². The van der Waals surface area contributed by atoms with E-state index in [2.05, 4.69) is 6.58 Å². The number of carboxylic acid groups (broad SMARTS) is 1. The summed E-state index contributed by atoms with van der Waals surface area (Å²) in [6.07, 6.45) is 0. The van der Waals surface area contributed by atoms with E-state index in [1.165, 1.54) is 12.1 Å². The number of carbonyl (C=O) groups is 1. The van der Waals surface area contributed by atoms with Crippen LogP contribution in [0, 0.1) is 0 Å². The van der Waals surface area contributed by atoms with Crippen LogP contribution in [0.5, 0.6) is 11.5 Å². The molecule has 1 rings (SSSR count). The van der Waals surface area contributed by atoms with E-state index in [-0.39, 0.29) is 17.9 Å². The molecule has 74 valence electrons. The lowest BCUT2D eigenvalue weighted by Crippen LogP contribution is -2.08. The highest BCUT2D eigenvalue weighted by Crippen LogP contribution is 2.16. The van der Waals surface area contributed by atoms with Crippen LogP contribution < -0.4 is 4.74 Å². The molecule has 4 heteroatoms. The zero-order valence-corrected chi connectivity index (χ0v) is 7.43. The molecule has 0 unspecified atom stereocenters. The third-order valence-corrected chi connectivity index (χ3v) is 1.55. The van der Waals surface area contributed by atoms with Crippen molar-refractivity contribution in [2.45, 2.75) is 0 Å². The van der Waals surface area contributed by atoms with Crippen LogP contribution in [0.4, 0.5) is 0 Å². The van der Waals surface area contributed by atoms with Crippen LogP contribution in [0.3, 0.4) is 0 Å². The SMILES string of the molecule is C=C(COc1ccc(O)cc1)C(=O)O. The molecule has 0 atom stereocenters. The topological polar surface area (TPSA) is 66.8 Å². The molecule has 0 aliphatic carbocycles. The lowest BCUT2D eigenvalue weighted by Gasteiger charge is -2.05. The Labute approximate surface area is 81.1 Å². The van der Waals surface area contributed by atoms with Gasteiger partial charge in [0, 0.05) is 0 Å². The maximum Gasteiger partial charge on any atom is 0.334 e. The van der Waals surface area contributed by atoms with Gasteiger partial charge in [0.05, 0.1) is 5.57 Å². The van der Waals surface area contributed by atoms with Gasteiger partial charge in [0.1, 0.15) is 18.1 Å². The number of ether oxygens (including phenoxy) is 1. The molecule has 0 spiro atoms. The van der Waals surface area contributed by atoms with Gasteiger partial charge < -0.3 is 14.9 Å². The number of aliphatic carboxylic acids is 1. The summed E-state index contributed by atoms with van der Waals surface area (Å²) >= 11 is 0. The Morgan fingerprint density at radius 3 is 2.43 bits per heavy atom. The Kier molecular flexibility index (Phi) is 3.12. The van der Waals surface area contributed by atoms with Gasteiger partial charge in [-0.3, -0.25) is 0 Å². The van der Waals surface area contributed by atoms with Crippen LogP contribution >= 0.6 is 0 Å². The number of benzene rings is 1. The Balaban J connectivity index is 2.50. The molecule has 14 heavy (non-hydrogen) atoms. The van der Waals surface area contributed by atoms with Gasteiger partial charge in [0.25, 0.3) is 0 Å². The van der Waals surface area contributed by atoms with Gasteiger partial charge in [-0.2, -0.15) is 0 Å². The molecule has 1 aromatic rings. The summed E-state index contributed by atoms with van der Waals surface area (Å²) in [5.74, 6) is -0.455. The molecule has 0 amide bonds. The Morgan fingerprint density at radius 2 is 1.93 bits per heavy atom. The number of hydrogen-bond acceptors (Lipinski definition) is 3. The van der Waals surface area contributed by atoms with Crippen molar-refractivity contribution in [1.29, 1.82) is 0 Å². The molecule has 0 aromatic heterocycles. The van der Waals surface area contributed by atoms with Crippen LogP contribution in [-0.4, -0.2) is 22.8 Å². The van der Waals surface area contributed by atoms with E-state index in [0.29, 0.717) is 5.75 Å². The fourth-order valence-corrected chi connectivity index (χ4v) is 0.775. The maximum atomic E-state index is 10.4.